The van der Waals surface area contributed by atoms with Crippen LogP contribution in [0.5, 0.6) is 0 Å². The fourth-order valence-electron chi connectivity index (χ4n) is 4.69. The van der Waals surface area contributed by atoms with Crippen LogP contribution in [0, 0.1) is 20.8 Å². The number of hydrogen-bond donors (Lipinski definition) is 3. The molecule has 0 aromatic carbocycles. The van der Waals surface area contributed by atoms with Crippen molar-refractivity contribution in [3.63, 3.8) is 0 Å². The van der Waals surface area contributed by atoms with Gasteiger partial charge in [-0.15, -0.1) is 0 Å². The van der Waals surface area contributed by atoms with Gasteiger partial charge in [0, 0.05) is 36.8 Å². The average molecular weight is 687 g/mol. The van der Waals surface area contributed by atoms with Crippen LogP contribution in [-0.2, 0) is 27.2 Å². The highest BCUT2D eigenvalue weighted by atomic mass is 16.4. The molecule has 0 bridgehead atoms. The summed E-state index contributed by atoms with van der Waals surface area (Å²) in [6.07, 6.45) is 8.94. The van der Waals surface area contributed by atoms with E-state index in [1.54, 1.807) is 6.08 Å². The fourth-order valence-corrected chi connectivity index (χ4v) is 4.69. The molecule has 0 amide bonds. The van der Waals surface area contributed by atoms with E-state index in [1.165, 1.54) is 0 Å². The first-order valence-electron chi connectivity index (χ1n) is 16.7. The zero-order valence-electron chi connectivity index (χ0n) is 30.5. The molecule has 0 fully saturated rings. The lowest BCUT2D eigenvalue weighted by Crippen LogP contribution is -2.04. The Kier molecular flexibility index (Phi) is 18.6. The molecule has 0 saturated heterocycles. The molecule has 12 nitrogen and oxygen atoms in total. The topological polar surface area (TPSA) is 164 Å². The van der Waals surface area contributed by atoms with Crippen molar-refractivity contribution in [1.82, 2.24) is 28.2 Å². The number of carbonyl (C=O) groups is 3. The minimum absolute atomic E-state index is 0.0109. The Labute approximate surface area is 293 Å². The summed E-state index contributed by atoms with van der Waals surface area (Å²) in [7, 11) is 0. The molecule has 0 aliphatic carbocycles. The number of fused-ring (bicyclic) bond motifs is 3. The molecule has 6 aromatic rings. The van der Waals surface area contributed by atoms with Crippen molar-refractivity contribution in [3.05, 3.63) is 113 Å². The van der Waals surface area contributed by atoms with Crippen molar-refractivity contribution in [2.24, 2.45) is 0 Å². The van der Waals surface area contributed by atoms with E-state index in [0.717, 1.165) is 57.2 Å². The van der Waals surface area contributed by atoms with Gasteiger partial charge in [-0.2, -0.15) is 0 Å². The highest BCUT2D eigenvalue weighted by Crippen LogP contribution is 2.15. The first kappa shape index (κ1) is 42.2. The van der Waals surface area contributed by atoms with Gasteiger partial charge in [0.1, 0.15) is 16.9 Å². The lowest BCUT2D eigenvalue weighted by molar-refractivity contribution is -0.137. The van der Waals surface area contributed by atoms with Crippen molar-refractivity contribution < 1.29 is 29.7 Å². The molecule has 0 radical (unpaired) electrons. The van der Waals surface area contributed by atoms with Crippen molar-refractivity contribution in [2.75, 3.05) is 0 Å². The zero-order chi connectivity index (χ0) is 37.8. The average Bonchev–Trinajstić information content (AvgIpc) is 3.74. The van der Waals surface area contributed by atoms with E-state index in [2.05, 4.69) is 15.0 Å². The van der Waals surface area contributed by atoms with Gasteiger partial charge in [0.15, 0.2) is 0 Å². The molecule has 0 aliphatic heterocycles. The first-order chi connectivity index (χ1) is 24.0. The van der Waals surface area contributed by atoms with Gasteiger partial charge < -0.3 is 28.5 Å². The lowest BCUT2D eigenvalue weighted by atomic mass is 10.2. The van der Waals surface area contributed by atoms with Gasteiger partial charge in [-0.3, -0.25) is 9.59 Å². The molecule has 0 aliphatic rings. The van der Waals surface area contributed by atoms with Crippen LogP contribution in [-0.4, -0.2) is 61.4 Å². The summed E-state index contributed by atoms with van der Waals surface area (Å²) >= 11 is 0. The SMILES string of the molecule is CC.CC.CC.Cc1nc2ccccn2c1/C=C/C(=O)O.Cc1nc2ccccn2c1CC(=O)O.Cc1nc2ccccn2c1CCC(=O)O. The number of hydrogen-bond acceptors (Lipinski definition) is 6. The Morgan fingerprint density at radius 1 is 0.600 bits per heavy atom. The van der Waals surface area contributed by atoms with E-state index in [9.17, 15) is 14.4 Å². The molecule has 6 aromatic heterocycles. The summed E-state index contributed by atoms with van der Waals surface area (Å²) in [6, 6.07) is 17.0. The third-order valence-electron chi connectivity index (χ3n) is 6.69. The lowest BCUT2D eigenvalue weighted by Gasteiger charge is -2.00. The van der Waals surface area contributed by atoms with Crippen molar-refractivity contribution in [2.45, 2.75) is 81.6 Å². The number of nitrogens with zero attached hydrogens (tertiary/aromatic N) is 6. The van der Waals surface area contributed by atoms with Crippen LogP contribution in [0.15, 0.2) is 79.3 Å². The van der Waals surface area contributed by atoms with Gasteiger partial charge in [0.25, 0.3) is 0 Å². The second-order valence-corrected chi connectivity index (χ2v) is 9.79. The van der Waals surface area contributed by atoms with E-state index in [1.807, 2.05) is 149 Å². The number of imidazole rings is 3. The summed E-state index contributed by atoms with van der Waals surface area (Å²) in [5, 5.41) is 25.9. The second kappa shape index (κ2) is 22.0. The Bertz CT molecular complexity index is 1990. The molecule has 3 N–H and O–H groups in total. The van der Waals surface area contributed by atoms with Gasteiger partial charge in [-0.1, -0.05) is 59.7 Å². The molecule has 6 rings (SSSR count). The minimum atomic E-state index is -0.958. The number of aryl methyl sites for hydroxylation is 4. The largest absolute Gasteiger partial charge is 0.481 e. The van der Waals surface area contributed by atoms with Crippen LogP contribution >= 0.6 is 0 Å². The van der Waals surface area contributed by atoms with E-state index in [4.69, 9.17) is 15.3 Å². The summed E-state index contributed by atoms with van der Waals surface area (Å²) in [6.45, 7) is 17.6. The van der Waals surface area contributed by atoms with E-state index in [0.29, 0.717) is 6.42 Å². The van der Waals surface area contributed by atoms with Gasteiger partial charge in [0.05, 0.1) is 41.3 Å². The summed E-state index contributed by atoms with van der Waals surface area (Å²) in [4.78, 5) is 44.5. The van der Waals surface area contributed by atoms with Crippen molar-refractivity contribution in [3.8, 4) is 0 Å². The van der Waals surface area contributed by atoms with E-state index >= 15 is 0 Å². The quantitative estimate of drug-likeness (QED) is 0.142. The number of rotatable bonds is 7. The van der Waals surface area contributed by atoms with Crippen LogP contribution in [0.4, 0.5) is 0 Å². The molecule has 50 heavy (non-hydrogen) atoms. The maximum atomic E-state index is 10.6. The summed E-state index contributed by atoms with van der Waals surface area (Å²) in [5.41, 5.74) is 7.51. The zero-order valence-corrected chi connectivity index (χ0v) is 30.5. The monoisotopic (exact) mass is 686 g/mol. The molecule has 12 heteroatoms. The van der Waals surface area contributed by atoms with Crippen LogP contribution in [0.2, 0.25) is 0 Å². The van der Waals surface area contributed by atoms with Crippen molar-refractivity contribution in [1.29, 1.82) is 0 Å². The molecule has 268 valence electrons. The molecular formula is C38H50N6O6. The highest BCUT2D eigenvalue weighted by Gasteiger charge is 2.11. The van der Waals surface area contributed by atoms with E-state index < -0.39 is 17.9 Å². The second-order valence-electron chi connectivity index (χ2n) is 9.79. The Morgan fingerprint density at radius 3 is 1.48 bits per heavy atom. The third-order valence-corrected chi connectivity index (χ3v) is 6.69. The standard InChI is InChI=1S/C11H12N2O2.C11H10N2O2.C10H10N2O2.3C2H6/c2*1-8-9(5-6-11(14)15)13-7-3-2-4-10(13)12-8;1-7-8(6-10(13)14)12-5-3-2-4-9(12)11-7;3*1-2/h2-4,7H,5-6H2,1H3,(H,14,15);2-7H,1H3,(H,14,15);2-5H,6H2,1H3,(H,13,14);3*1-2H3/b;6-5+;;;;. The predicted octanol–water partition coefficient (Wildman–Crippen LogP) is 7.75. The number of aromatic nitrogens is 6. The van der Waals surface area contributed by atoms with Crippen LogP contribution < -0.4 is 0 Å². The minimum Gasteiger partial charge on any atom is -0.481 e. The number of carboxylic acids is 3. The first-order valence-corrected chi connectivity index (χ1v) is 16.7. The molecule has 0 atom stereocenters. The third kappa shape index (κ3) is 12.0. The van der Waals surface area contributed by atoms with Gasteiger partial charge >= 0.3 is 17.9 Å². The Balaban J connectivity index is 0.000000348. The summed E-state index contributed by atoms with van der Waals surface area (Å²) in [5.74, 6) is -2.57. The fraction of sp³-hybridized carbons (Fsp3) is 0.316. The summed E-state index contributed by atoms with van der Waals surface area (Å²) < 4.78 is 5.61. The molecule has 0 spiro atoms. The normalized spacial score (nSPS) is 9.94. The molecule has 6 heterocycles. The van der Waals surface area contributed by atoms with E-state index in [-0.39, 0.29) is 12.8 Å². The van der Waals surface area contributed by atoms with Crippen LogP contribution in [0.25, 0.3) is 23.0 Å². The molecular weight excluding hydrogens is 636 g/mol. The smallest absolute Gasteiger partial charge is 0.328 e. The van der Waals surface area contributed by atoms with Crippen molar-refractivity contribution >= 4 is 40.9 Å². The Morgan fingerprint density at radius 2 is 1.02 bits per heavy atom. The maximum absolute atomic E-state index is 10.6. The molecule has 0 unspecified atom stereocenters. The molecule has 0 saturated carbocycles. The van der Waals surface area contributed by atoms with Crippen LogP contribution in [0.1, 0.15) is 82.1 Å². The number of aliphatic carboxylic acids is 3. The Hall–Kier alpha value is -5.78. The number of pyridine rings is 3. The predicted molar refractivity (Wildman–Crippen MR) is 198 cm³/mol. The maximum Gasteiger partial charge on any atom is 0.328 e. The van der Waals surface area contributed by atoms with Gasteiger partial charge in [0.2, 0.25) is 0 Å². The van der Waals surface area contributed by atoms with Gasteiger partial charge in [-0.05, 0) is 63.2 Å². The van der Waals surface area contributed by atoms with Gasteiger partial charge in [-0.25, -0.2) is 19.7 Å². The highest BCUT2D eigenvalue weighted by molar-refractivity contribution is 5.85. The van der Waals surface area contributed by atoms with Crippen LogP contribution in [0.3, 0.4) is 0 Å². The number of carboxylic acid groups (broad SMARTS) is 3.